The van der Waals surface area contributed by atoms with Crippen LogP contribution in [-0.2, 0) is 14.6 Å². The number of hydrogen-bond donors (Lipinski definition) is 2. The summed E-state index contributed by atoms with van der Waals surface area (Å²) >= 11 is 0. The monoisotopic (exact) mass is 403 g/mol. The zero-order valence-electron chi connectivity index (χ0n) is 14.5. The van der Waals surface area contributed by atoms with E-state index in [2.05, 4.69) is 15.5 Å². The van der Waals surface area contributed by atoms with Crippen molar-refractivity contribution >= 4 is 40.6 Å². The van der Waals surface area contributed by atoms with Gasteiger partial charge in [-0.25, -0.2) is 8.42 Å². The SMILES string of the molecule is CC(CN1CCCCC1)NC(=O)C1(S(C)(=O)=O)CCNCC1.Cl.Cl. The third kappa shape index (κ3) is 5.73. The van der Waals surface area contributed by atoms with E-state index in [0.29, 0.717) is 25.9 Å². The van der Waals surface area contributed by atoms with E-state index in [0.717, 1.165) is 19.6 Å². The zero-order chi connectivity index (χ0) is 16.2. The van der Waals surface area contributed by atoms with Crippen molar-refractivity contribution in [2.75, 3.05) is 39.0 Å². The Labute approximate surface area is 158 Å². The number of carbonyl (C=O) groups excluding carboxylic acids is 1. The van der Waals surface area contributed by atoms with Crippen LogP contribution in [0.25, 0.3) is 0 Å². The summed E-state index contributed by atoms with van der Waals surface area (Å²) in [6, 6.07) is -0.0286. The third-order valence-corrected chi connectivity index (χ3v) is 6.91. The number of hydrogen-bond acceptors (Lipinski definition) is 5. The van der Waals surface area contributed by atoms with Gasteiger partial charge in [0.1, 0.15) is 0 Å². The molecule has 0 aliphatic carbocycles. The van der Waals surface area contributed by atoms with Gasteiger partial charge in [0, 0.05) is 18.8 Å². The average Bonchev–Trinajstić information content (AvgIpc) is 2.47. The second kappa shape index (κ2) is 10.2. The van der Waals surface area contributed by atoms with Crippen LogP contribution < -0.4 is 10.6 Å². The lowest BCUT2D eigenvalue weighted by molar-refractivity contribution is -0.125. The molecule has 0 spiro atoms. The molecule has 0 aromatic carbocycles. The smallest absolute Gasteiger partial charge is 0.241 e. The van der Waals surface area contributed by atoms with Gasteiger partial charge >= 0.3 is 0 Å². The molecular formula is C15H31Cl2N3O3S. The predicted molar refractivity (Wildman–Crippen MR) is 102 cm³/mol. The van der Waals surface area contributed by atoms with E-state index in [-0.39, 0.29) is 36.8 Å². The first-order valence-electron chi connectivity index (χ1n) is 8.29. The average molecular weight is 404 g/mol. The maximum absolute atomic E-state index is 12.7. The molecule has 1 atom stereocenters. The second-order valence-electron chi connectivity index (χ2n) is 6.75. The Morgan fingerprint density at radius 1 is 1.17 bits per heavy atom. The first kappa shape index (κ1) is 23.9. The van der Waals surface area contributed by atoms with Gasteiger partial charge in [-0.05, 0) is 58.8 Å². The van der Waals surface area contributed by atoms with Crippen LogP contribution in [-0.4, -0.2) is 69.0 Å². The maximum Gasteiger partial charge on any atom is 0.241 e. The van der Waals surface area contributed by atoms with E-state index in [1.165, 1.54) is 25.5 Å². The van der Waals surface area contributed by atoms with Gasteiger partial charge in [0.15, 0.2) is 14.6 Å². The molecule has 144 valence electrons. The molecule has 9 heteroatoms. The van der Waals surface area contributed by atoms with Crippen LogP contribution in [0, 0.1) is 0 Å². The molecular weight excluding hydrogens is 373 g/mol. The molecule has 2 heterocycles. The van der Waals surface area contributed by atoms with E-state index in [1.807, 2.05) is 6.92 Å². The molecule has 0 saturated carbocycles. The summed E-state index contributed by atoms with van der Waals surface area (Å²) in [6.07, 6.45) is 5.59. The minimum Gasteiger partial charge on any atom is -0.351 e. The third-order valence-electron chi connectivity index (χ3n) is 4.89. The Morgan fingerprint density at radius 3 is 2.21 bits per heavy atom. The lowest BCUT2D eigenvalue weighted by Gasteiger charge is -2.36. The number of amides is 1. The Hall–Kier alpha value is -0.0800. The number of rotatable bonds is 5. The van der Waals surface area contributed by atoms with Crippen molar-refractivity contribution in [2.45, 2.75) is 49.8 Å². The van der Waals surface area contributed by atoms with Gasteiger partial charge in [-0.15, -0.1) is 24.8 Å². The van der Waals surface area contributed by atoms with Crippen LogP contribution in [0.5, 0.6) is 0 Å². The Bertz CT molecular complexity index is 490. The molecule has 0 aromatic rings. The summed E-state index contributed by atoms with van der Waals surface area (Å²) in [4.78, 5) is 15.0. The largest absolute Gasteiger partial charge is 0.351 e. The van der Waals surface area contributed by atoms with Crippen molar-refractivity contribution in [1.29, 1.82) is 0 Å². The van der Waals surface area contributed by atoms with E-state index in [9.17, 15) is 13.2 Å². The first-order chi connectivity index (χ1) is 10.3. The molecule has 2 aliphatic rings. The summed E-state index contributed by atoms with van der Waals surface area (Å²) in [7, 11) is -3.43. The molecule has 0 radical (unpaired) electrons. The highest BCUT2D eigenvalue weighted by atomic mass is 35.5. The second-order valence-corrected chi connectivity index (χ2v) is 9.08. The topological polar surface area (TPSA) is 78.5 Å². The van der Waals surface area contributed by atoms with Gasteiger partial charge < -0.3 is 15.5 Å². The minimum absolute atomic E-state index is 0. The van der Waals surface area contributed by atoms with Gasteiger partial charge in [0.2, 0.25) is 5.91 Å². The number of halogens is 2. The minimum atomic E-state index is -3.43. The van der Waals surface area contributed by atoms with Crippen LogP contribution in [0.4, 0.5) is 0 Å². The molecule has 6 nitrogen and oxygen atoms in total. The summed E-state index contributed by atoms with van der Waals surface area (Å²) in [5, 5.41) is 6.09. The maximum atomic E-state index is 12.7. The fraction of sp³-hybridized carbons (Fsp3) is 0.933. The number of piperidine rings is 2. The summed E-state index contributed by atoms with van der Waals surface area (Å²) in [5.41, 5.74) is 0. The molecule has 1 amide bonds. The van der Waals surface area contributed by atoms with Gasteiger partial charge in [-0.1, -0.05) is 6.42 Å². The van der Waals surface area contributed by atoms with Crippen LogP contribution in [0.15, 0.2) is 0 Å². The van der Waals surface area contributed by atoms with Crippen molar-refractivity contribution in [3.05, 3.63) is 0 Å². The van der Waals surface area contributed by atoms with E-state index in [4.69, 9.17) is 0 Å². The summed E-state index contributed by atoms with van der Waals surface area (Å²) in [6.45, 7) is 6.04. The molecule has 24 heavy (non-hydrogen) atoms. The number of nitrogens with one attached hydrogen (secondary N) is 2. The van der Waals surface area contributed by atoms with E-state index >= 15 is 0 Å². The van der Waals surface area contributed by atoms with Gasteiger partial charge in [0.25, 0.3) is 0 Å². The Morgan fingerprint density at radius 2 is 1.71 bits per heavy atom. The lowest BCUT2D eigenvalue weighted by atomic mass is 9.95. The van der Waals surface area contributed by atoms with Gasteiger partial charge in [0.05, 0.1) is 0 Å². The number of nitrogens with zero attached hydrogens (tertiary/aromatic N) is 1. The molecule has 0 bridgehead atoms. The number of sulfone groups is 1. The summed E-state index contributed by atoms with van der Waals surface area (Å²) < 4.78 is 23.2. The summed E-state index contributed by atoms with van der Waals surface area (Å²) in [5.74, 6) is -0.319. The van der Waals surface area contributed by atoms with Crippen LogP contribution in [0.1, 0.15) is 39.0 Å². The Kier molecular flexibility index (Phi) is 10.1. The van der Waals surface area contributed by atoms with E-state index in [1.54, 1.807) is 0 Å². The quantitative estimate of drug-likeness (QED) is 0.715. The molecule has 1 unspecified atom stereocenters. The molecule has 2 saturated heterocycles. The van der Waals surface area contributed by atoms with E-state index < -0.39 is 14.6 Å². The van der Waals surface area contributed by atoms with Crippen molar-refractivity contribution < 1.29 is 13.2 Å². The number of carbonyl (C=O) groups is 1. The normalized spacial score (nSPS) is 22.6. The fourth-order valence-corrected chi connectivity index (χ4v) is 4.87. The van der Waals surface area contributed by atoms with Crippen LogP contribution in [0.2, 0.25) is 0 Å². The van der Waals surface area contributed by atoms with Gasteiger partial charge in [-0.3, -0.25) is 4.79 Å². The lowest BCUT2D eigenvalue weighted by Crippen LogP contribution is -2.59. The fourth-order valence-electron chi connectivity index (χ4n) is 3.53. The molecule has 2 rings (SSSR count). The highest BCUT2D eigenvalue weighted by Crippen LogP contribution is 2.28. The van der Waals surface area contributed by atoms with Crippen LogP contribution >= 0.6 is 24.8 Å². The standard InChI is InChI=1S/C15H29N3O3S.2ClH/c1-13(12-18-10-4-3-5-11-18)17-14(19)15(22(2,20)21)6-8-16-9-7-15;;/h13,16H,3-12H2,1-2H3,(H,17,19);2*1H. The number of likely N-dealkylation sites (tertiary alicyclic amines) is 1. The van der Waals surface area contributed by atoms with Crippen molar-refractivity contribution in [3.63, 3.8) is 0 Å². The Balaban J connectivity index is 0.00000264. The zero-order valence-corrected chi connectivity index (χ0v) is 17.0. The van der Waals surface area contributed by atoms with Crippen molar-refractivity contribution in [2.24, 2.45) is 0 Å². The molecule has 2 fully saturated rings. The molecule has 2 N–H and O–H groups in total. The van der Waals surface area contributed by atoms with Crippen molar-refractivity contribution in [3.8, 4) is 0 Å². The van der Waals surface area contributed by atoms with Crippen LogP contribution in [0.3, 0.4) is 0 Å². The molecule has 0 aromatic heterocycles. The highest BCUT2D eigenvalue weighted by molar-refractivity contribution is 7.92. The highest BCUT2D eigenvalue weighted by Gasteiger charge is 2.48. The van der Waals surface area contributed by atoms with Gasteiger partial charge in [-0.2, -0.15) is 0 Å². The van der Waals surface area contributed by atoms with Crippen molar-refractivity contribution in [1.82, 2.24) is 15.5 Å². The predicted octanol–water partition coefficient (Wildman–Crippen LogP) is 0.987. The molecule has 2 aliphatic heterocycles. The first-order valence-corrected chi connectivity index (χ1v) is 10.2.